The molecule has 6 rings (SSSR count). The second-order valence-electron chi connectivity index (χ2n) is 13.2. The van der Waals surface area contributed by atoms with Gasteiger partial charge in [0.1, 0.15) is 66.0 Å². The lowest BCUT2D eigenvalue weighted by atomic mass is 10.2. The molecule has 20 nitrogen and oxygen atoms in total. The fourth-order valence-corrected chi connectivity index (χ4v) is 5.15. The number of hydrogen-bond acceptors (Lipinski definition) is 18. The molecule has 4 N–H and O–H groups in total. The number of carbonyl (C=O) groups excluding carboxylic acids is 3. The summed E-state index contributed by atoms with van der Waals surface area (Å²) in [6.07, 6.45) is 4.65. The molecule has 0 saturated heterocycles. The van der Waals surface area contributed by atoms with Gasteiger partial charge in [0, 0.05) is 88.5 Å². The highest BCUT2D eigenvalue weighted by Crippen LogP contribution is 2.29. The minimum Gasteiger partial charge on any atom is -0.457 e. The van der Waals surface area contributed by atoms with Crippen molar-refractivity contribution in [2.24, 2.45) is 0 Å². The van der Waals surface area contributed by atoms with Crippen LogP contribution in [0.5, 0.6) is 34.5 Å². The molecule has 3 heterocycles. The first-order chi connectivity index (χ1) is 32.4. The van der Waals surface area contributed by atoms with Crippen molar-refractivity contribution in [1.29, 1.82) is 0 Å². The summed E-state index contributed by atoms with van der Waals surface area (Å²) in [7, 11) is 4.30. The molecule has 358 valence electrons. The topological polar surface area (TPSA) is 284 Å². The average molecular weight is 968 g/mol. The zero-order chi connectivity index (χ0) is 50.2. The summed E-state index contributed by atoms with van der Waals surface area (Å²) in [6.45, 7) is 0.0256. The molecule has 0 aliphatic carbocycles. The number of methoxy groups -OCH3 is 3. The molecular formula is C44H41ClF3N7O13. The molecule has 0 aliphatic rings. The smallest absolute Gasteiger partial charge is 0.305 e. The summed E-state index contributed by atoms with van der Waals surface area (Å²) in [5.74, 6) is -0.708. The maximum absolute atomic E-state index is 13.5. The third-order valence-electron chi connectivity index (χ3n) is 7.86. The molecule has 6 aromatic rings. The highest BCUT2D eigenvalue weighted by Gasteiger charge is 2.16. The molecule has 3 aromatic carbocycles. The molecule has 3 aromatic heterocycles. The van der Waals surface area contributed by atoms with Crippen molar-refractivity contribution in [3.8, 4) is 34.5 Å². The summed E-state index contributed by atoms with van der Waals surface area (Å²) in [5, 5.41) is 20.5. The van der Waals surface area contributed by atoms with Crippen LogP contribution in [0.25, 0.3) is 0 Å². The summed E-state index contributed by atoms with van der Waals surface area (Å²) < 4.78 is 70.3. The first-order valence-electron chi connectivity index (χ1n) is 19.2. The van der Waals surface area contributed by atoms with Crippen LogP contribution in [-0.2, 0) is 41.4 Å². The Balaban J connectivity index is 0.000000256. The number of benzene rings is 3. The average Bonchev–Trinajstić information content (AvgIpc) is 3.26. The summed E-state index contributed by atoms with van der Waals surface area (Å²) in [5.41, 5.74) is 10.7. The summed E-state index contributed by atoms with van der Waals surface area (Å²) in [6, 6.07) is 20.0. The van der Waals surface area contributed by atoms with Gasteiger partial charge in [0.05, 0.1) is 39.8 Å². The van der Waals surface area contributed by atoms with Crippen LogP contribution >= 0.6 is 11.6 Å². The number of ether oxygens (including phenoxy) is 6. The second-order valence-corrected chi connectivity index (χ2v) is 13.6. The molecule has 0 atom stereocenters. The van der Waals surface area contributed by atoms with Crippen LogP contribution in [0.1, 0.15) is 11.4 Å². The van der Waals surface area contributed by atoms with E-state index in [1.54, 1.807) is 18.2 Å². The van der Waals surface area contributed by atoms with Crippen LogP contribution in [0.4, 0.5) is 36.1 Å². The van der Waals surface area contributed by atoms with Gasteiger partial charge in [-0.1, -0.05) is 0 Å². The number of ketones is 2. The van der Waals surface area contributed by atoms with E-state index >= 15 is 0 Å². The van der Waals surface area contributed by atoms with Gasteiger partial charge in [0.2, 0.25) is 16.9 Å². The van der Waals surface area contributed by atoms with E-state index in [9.17, 15) is 47.8 Å². The van der Waals surface area contributed by atoms with Crippen molar-refractivity contribution in [1.82, 2.24) is 15.0 Å². The van der Waals surface area contributed by atoms with Gasteiger partial charge < -0.3 is 39.9 Å². The Kier molecular flexibility index (Phi) is 22.4. The van der Waals surface area contributed by atoms with Crippen molar-refractivity contribution >= 4 is 51.3 Å². The van der Waals surface area contributed by atoms with Crippen molar-refractivity contribution in [2.75, 3.05) is 52.6 Å². The number of halogens is 4. The van der Waals surface area contributed by atoms with Gasteiger partial charge in [-0.3, -0.25) is 44.6 Å². The first kappa shape index (κ1) is 54.2. The first-order valence-corrected chi connectivity index (χ1v) is 19.5. The van der Waals surface area contributed by atoms with E-state index in [4.69, 9.17) is 46.8 Å². The lowest BCUT2D eigenvalue weighted by Crippen LogP contribution is -2.10. The van der Waals surface area contributed by atoms with Crippen LogP contribution < -0.4 is 25.7 Å². The van der Waals surface area contributed by atoms with Gasteiger partial charge in [-0.15, -0.1) is 0 Å². The number of rotatable bonds is 18. The van der Waals surface area contributed by atoms with E-state index in [2.05, 4.69) is 19.7 Å². The van der Waals surface area contributed by atoms with Crippen molar-refractivity contribution < 1.29 is 65.8 Å². The second kappa shape index (κ2) is 28.0. The lowest BCUT2D eigenvalue weighted by Gasteiger charge is -2.08. The number of carbonyl (C=O) groups is 3. The standard InChI is InChI=1S/C15H13FN2O5.C15H15FN2O3.C11H8FN3O3.C3H5ClO2/c1-22-9-11(19)6-10-7-13(4-5-17-10)23-12-2-3-15(18(20)21)14(16)8-12;1-20-9-11(19)6-10-7-13(4-5-18-10)21-12-2-3-15(17)14(16)8-12;12-9-5-7(1-2-10(9)15(16)17)18-8-3-4-14-11(13)6-8;1-6-2-3(4)5/h2-5,7-8H,6,9H2,1H3;2-5,7-8H,6,9,17H2,1H3;1-6H,(H2,13,14);2H2,1H3. The highest BCUT2D eigenvalue weighted by molar-refractivity contribution is 6.63. The minimum absolute atomic E-state index is 0.00154. The molecular weight excluding hydrogens is 927 g/mol. The Labute approximate surface area is 389 Å². The van der Waals surface area contributed by atoms with Crippen LogP contribution in [0.3, 0.4) is 0 Å². The van der Waals surface area contributed by atoms with Crippen LogP contribution in [-0.4, -0.2) is 82.8 Å². The Hall–Kier alpha value is -8.12. The van der Waals surface area contributed by atoms with E-state index in [0.29, 0.717) is 34.4 Å². The molecule has 0 fully saturated rings. The molecule has 0 saturated carbocycles. The number of hydrogen-bond donors (Lipinski definition) is 2. The van der Waals surface area contributed by atoms with E-state index in [0.717, 1.165) is 24.3 Å². The largest absolute Gasteiger partial charge is 0.457 e. The maximum Gasteiger partial charge on any atom is 0.305 e. The zero-order valence-electron chi connectivity index (χ0n) is 36.1. The molecule has 24 heteroatoms. The number of aromatic nitrogens is 3. The number of nitrogens with two attached hydrogens (primary N) is 2. The van der Waals surface area contributed by atoms with Gasteiger partial charge in [-0.25, -0.2) is 9.37 Å². The number of pyridine rings is 3. The van der Waals surface area contributed by atoms with E-state index in [-0.39, 0.29) is 67.2 Å². The zero-order valence-corrected chi connectivity index (χ0v) is 36.9. The van der Waals surface area contributed by atoms with Crippen LogP contribution in [0, 0.1) is 37.7 Å². The number of nitrogen functional groups attached to an aromatic ring is 2. The van der Waals surface area contributed by atoms with Crippen LogP contribution in [0.2, 0.25) is 0 Å². The predicted molar refractivity (Wildman–Crippen MR) is 238 cm³/mol. The Morgan fingerprint density at radius 1 is 0.544 bits per heavy atom. The van der Waals surface area contributed by atoms with E-state index in [1.807, 2.05) is 0 Å². The molecule has 68 heavy (non-hydrogen) atoms. The predicted octanol–water partition coefficient (Wildman–Crippen LogP) is 7.93. The molecule has 0 bridgehead atoms. The van der Waals surface area contributed by atoms with E-state index < -0.39 is 43.9 Å². The van der Waals surface area contributed by atoms with Crippen molar-refractivity contribution in [3.05, 3.63) is 159 Å². The lowest BCUT2D eigenvalue weighted by molar-refractivity contribution is -0.387. The highest BCUT2D eigenvalue weighted by atomic mass is 35.5. The van der Waals surface area contributed by atoms with Gasteiger partial charge in [0.15, 0.2) is 11.6 Å². The van der Waals surface area contributed by atoms with Gasteiger partial charge in [-0.2, -0.15) is 8.78 Å². The van der Waals surface area contributed by atoms with Gasteiger partial charge in [0.25, 0.3) is 0 Å². The molecule has 0 spiro atoms. The van der Waals surface area contributed by atoms with Crippen molar-refractivity contribution in [3.63, 3.8) is 0 Å². The maximum atomic E-state index is 13.5. The van der Waals surface area contributed by atoms with Crippen LogP contribution in [0.15, 0.2) is 110 Å². The van der Waals surface area contributed by atoms with Gasteiger partial charge >= 0.3 is 11.4 Å². The third kappa shape index (κ3) is 19.5. The number of nitro benzene ring substituents is 2. The fourth-order valence-electron chi connectivity index (χ4n) is 5.04. The molecule has 0 unspecified atom stereocenters. The number of Topliss-reactive ketones (excluding diaryl/α,β-unsaturated/α-hetero) is 2. The molecule has 0 radical (unpaired) electrons. The summed E-state index contributed by atoms with van der Waals surface area (Å²) >= 11 is 4.81. The van der Waals surface area contributed by atoms with Crippen molar-refractivity contribution in [2.45, 2.75) is 12.8 Å². The quantitative estimate of drug-likeness (QED) is 0.0358. The third-order valence-corrected chi connectivity index (χ3v) is 7.97. The minimum atomic E-state index is -0.989. The normalized spacial score (nSPS) is 10.1. The fraction of sp³-hybridized carbons (Fsp3) is 0.182. The SMILES string of the molecule is COCC(=O)Cc1cc(Oc2ccc(N)c(F)c2)ccn1.COCC(=O)Cc1cc(Oc2ccc([N+](=O)[O-])c(F)c2)ccn1.COCC(=O)Cl.Nc1cc(Oc2ccc([N+](=O)[O-])c(F)c2)ccn1. The molecule has 0 amide bonds. The number of nitrogens with zero attached hydrogens (tertiary/aromatic N) is 5. The Morgan fingerprint density at radius 2 is 0.912 bits per heavy atom. The molecule has 0 aliphatic heterocycles. The Morgan fingerprint density at radius 3 is 1.25 bits per heavy atom. The van der Waals surface area contributed by atoms with E-state index in [1.165, 1.54) is 88.5 Å². The summed E-state index contributed by atoms with van der Waals surface area (Å²) in [4.78, 5) is 64.0. The van der Waals surface area contributed by atoms with Gasteiger partial charge in [-0.05, 0) is 54.1 Å². The monoisotopic (exact) mass is 967 g/mol. The number of nitro groups is 2. The number of anilines is 2. The Bertz CT molecular complexity index is 2690.